The number of sulfone groups is 2. The Kier molecular flexibility index (Phi) is 4.87. The molecule has 0 aromatic heterocycles. The van der Waals surface area contributed by atoms with Gasteiger partial charge in [0.25, 0.3) is 0 Å². The molecular weight excluding hydrogens is 322 g/mol. The number of hydrogen-bond acceptors (Lipinski definition) is 5. The van der Waals surface area contributed by atoms with E-state index in [1.807, 2.05) is 0 Å². The molecule has 0 saturated heterocycles. The Hall–Kier alpha value is -1.08. The fourth-order valence-corrected chi connectivity index (χ4v) is 4.53. The van der Waals surface area contributed by atoms with Crippen LogP contribution >= 0.6 is 0 Å². The molecular formula is C15H23NO4S2. The van der Waals surface area contributed by atoms with Crippen LogP contribution in [0.5, 0.6) is 0 Å². The zero-order valence-corrected chi connectivity index (χ0v) is 14.8. The summed E-state index contributed by atoms with van der Waals surface area (Å²) in [6, 6.07) is 4.50. The summed E-state index contributed by atoms with van der Waals surface area (Å²) in [5.41, 5.74) is 0.494. The van der Waals surface area contributed by atoms with Crippen LogP contribution in [0.4, 0.5) is 5.69 Å². The van der Waals surface area contributed by atoms with Gasteiger partial charge in [0.05, 0.1) is 15.5 Å². The predicted molar refractivity (Wildman–Crippen MR) is 87.7 cm³/mol. The normalized spacial score (nSPS) is 23.2. The molecule has 0 heterocycles. The fraction of sp³-hybridized carbons (Fsp3) is 0.600. The second-order valence-corrected chi connectivity index (χ2v) is 10.3. The average Bonchev–Trinajstić information content (AvgIpc) is 2.36. The molecule has 0 aliphatic heterocycles. The summed E-state index contributed by atoms with van der Waals surface area (Å²) in [7, 11) is -6.94. The lowest BCUT2D eigenvalue weighted by molar-refractivity contribution is 0.358. The second-order valence-electron chi connectivity index (χ2n) is 6.32. The Morgan fingerprint density at radius 3 is 2.27 bits per heavy atom. The molecule has 0 spiro atoms. The van der Waals surface area contributed by atoms with Gasteiger partial charge in [0.1, 0.15) is 0 Å². The summed E-state index contributed by atoms with van der Waals surface area (Å²) in [4.78, 5) is 0.0733. The molecule has 1 aromatic rings. The average molecular weight is 345 g/mol. The predicted octanol–water partition coefficient (Wildman–Crippen LogP) is 2.48. The van der Waals surface area contributed by atoms with Crippen molar-refractivity contribution in [1.82, 2.24) is 0 Å². The van der Waals surface area contributed by atoms with E-state index >= 15 is 0 Å². The Morgan fingerprint density at radius 2 is 1.73 bits per heavy atom. The van der Waals surface area contributed by atoms with E-state index in [0.29, 0.717) is 11.6 Å². The van der Waals surface area contributed by atoms with Crippen molar-refractivity contribution in [3.63, 3.8) is 0 Å². The first-order chi connectivity index (χ1) is 10.1. The Labute approximate surface area is 133 Å². The third-order valence-corrected chi connectivity index (χ3v) is 6.32. The summed E-state index contributed by atoms with van der Waals surface area (Å²) in [5, 5.41) is 3.29. The van der Waals surface area contributed by atoms with Crippen molar-refractivity contribution < 1.29 is 16.8 Å². The smallest absolute Gasteiger partial charge is 0.177 e. The topological polar surface area (TPSA) is 80.3 Å². The van der Waals surface area contributed by atoms with E-state index in [9.17, 15) is 16.8 Å². The van der Waals surface area contributed by atoms with Crippen LogP contribution in [0.25, 0.3) is 0 Å². The molecule has 22 heavy (non-hydrogen) atoms. The van der Waals surface area contributed by atoms with Crippen LogP contribution in [0.2, 0.25) is 0 Å². The van der Waals surface area contributed by atoms with Crippen LogP contribution in [0, 0.1) is 5.92 Å². The highest BCUT2D eigenvalue weighted by Gasteiger charge is 2.22. The lowest BCUT2D eigenvalue weighted by Gasteiger charge is -2.29. The van der Waals surface area contributed by atoms with Gasteiger partial charge in [0.15, 0.2) is 19.7 Å². The van der Waals surface area contributed by atoms with E-state index in [2.05, 4.69) is 12.2 Å². The molecule has 1 saturated carbocycles. The quantitative estimate of drug-likeness (QED) is 0.907. The number of hydrogen-bond donors (Lipinski definition) is 1. The summed E-state index contributed by atoms with van der Waals surface area (Å²) in [5.74, 6) is 0.614. The van der Waals surface area contributed by atoms with Gasteiger partial charge in [0.2, 0.25) is 0 Å². The minimum atomic E-state index is -3.51. The van der Waals surface area contributed by atoms with Crippen molar-refractivity contribution >= 4 is 25.4 Å². The van der Waals surface area contributed by atoms with Crippen LogP contribution in [-0.4, -0.2) is 35.4 Å². The van der Waals surface area contributed by atoms with E-state index in [-0.39, 0.29) is 15.8 Å². The molecule has 2 atom stereocenters. The third kappa shape index (κ3) is 4.23. The zero-order valence-electron chi connectivity index (χ0n) is 13.2. The van der Waals surface area contributed by atoms with E-state index in [1.165, 1.54) is 18.6 Å². The van der Waals surface area contributed by atoms with Crippen molar-refractivity contribution in [2.24, 2.45) is 5.92 Å². The van der Waals surface area contributed by atoms with Crippen LogP contribution in [0.1, 0.15) is 32.6 Å². The Balaban J connectivity index is 2.39. The van der Waals surface area contributed by atoms with Crippen molar-refractivity contribution in [3.8, 4) is 0 Å². The highest BCUT2D eigenvalue weighted by atomic mass is 32.2. The number of anilines is 1. The Morgan fingerprint density at radius 1 is 1.05 bits per heavy atom. The van der Waals surface area contributed by atoms with Gasteiger partial charge in [-0.05, 0) is 37.0 Å². The van der Waals surface area contributed by atoms with E-state index in [4.69, 9.17) is 0 Å². The summed E-state index contributed by atoms with van der Waals surface area (Å²) < 4.78 is 47.3. The third-order valence-electron chi connectivity index (χ3n) is 4.08. The van der Waals surface area contributed by atoms with Gasteiger partial charge in [-0.2, -0.15) is 0 Å². The summed E-state index contributed by atoms with van der Waals surface area (Å²) in [6.45, 7) is 2.19. The van der Waals surface area contributed by atoms with Gasteiger partial charge in [-0.1, -0.05) is 19.8 Å². The molecule has 1 aromatic carbocycles. The molecule has 1 N–H and O–H groups in total. The molecule has 7 heteroatoms. The molecule has 0 amide bonds. The van der Waals surface area contributed by atoms with Crippen LogP contribution in [-0.2, 0) is 19.7 Å². The van der Waals surface area contributed by atoms with Crippen molar-refractivity contribution in [3.05, 3.63) is 18.2 Å². The lowest BCUT2D eigenvalue weighted by atomic mass is 9.87. The van der Waals surface area contributed by atoms with Gasteiger partial charge in [-0.25, -0.2) is 16.8 Å². The highest BCUT2D eigenvalue weighted by molar-refractivity contribution is 7.91. The van der Waals surface area contributed by atoms with Gasteiger partial charge in [0, 0.05) is 18.6 Å². The standard InChI is InChI=1S/C15H23NO4S2/c1-11-5-4-6-12(9-11)16-14-8-7-13(21(2,17)18)10-15(14)22(3,19)20/h7-8,10-12,16H,4-6,9H2,1-3H3/t11-,12+/m0/s1. The van der Waals surface area contributed by atoms with Crippen LogP contribution < -0.4 is 5.32 Å². The Bertz CT molecular complexity index is 754. The summed E-state index contributed by atoms with van der Waals surface area (Å²) >= 11 is 0. The minimum absolute atomic E-state index is 0.0236. The maximum atomic E-state index is 12.0. The molecule has 1 aliphatic carbocycles. The van der Waals surface area contributed by atoms with Gasteiger partial charge < -0.3 is 5.32 Å². The van der Waals surface area contributed by atoms with Gasteiger partial charge in [-0.3, -0.25) is 0 Å². The van der Waals surface area contributed by atoms with Gasteiger partial charge >= 0.3 is 0 Å². The molecule has 1 aliphatic rings. The van der Waals surface area contributed by atoms with Gasteiger partial charge in [-0.15, -0.1) is 0 Å². The molecule has 0 bridgehead atoms. The molecule has 0 unspecified atom stereocenters. The van der Waals surface area contributed by atoms with E-state index in [0.717, 1.165) is 31.8 Å². The van der Waals surface area contributed by atoms with Crippen molar-refractivity contribution in [2.75, 3.05) is 17.8 Å². The molecule has 124 valence electrons. The first kappa shape index (κ1) is 17.3. The van der Waals surface area contributed by atoms with E-state index in [1.54, 1.807) is 6.07 Å². The first-order valence-electron chi connectivity index (χ1n) is 7.38. The highest BCUT2D eigenvalue weighted by Crippen LogP contribution is 2.30. The van der Waals surface area contributed by atoms with E-state index < -0.39 is 19.7 Å². The molecule has 5 nitrogen and oxygen atoms in total. The fourth-order valence-electron chi connectivity index (χ4n) is 2.94. The van der Waals surface area contributed by atoms with Crippen molar-refractivity contribution in [2.45, 2.75) is 48.4 Å². The number of rotatable bonds is 4. The zero-order chi connectivity index (χ0) is 16.5. The monoisotopic (exact) mass is 345 g/mol. The van der Waals surface area contributed by atoms with Crippen molar-refractivity contribution in [1.29, 1.82) is 0 Å². The number of nitrogens with one attached hydrogen (secondary N) is 1. The first-order valence-corrected chi connectivity index (χ1v) is 11.2. The minimum Gasteiger partial charge on any atom is -0.381 e. The SMILES string of the molecule is C[C@H]1CCC[C@@H](Nc2ccc(S(C)(=O)=O)cc2S(C)(=O)=O)C1. The largest absolute Gasteiger partial charge is 0.381 e. The second kappa shape index (κ2) is 6.20. The number of benzene rings is 1. The molecule has 2 rings (SSSR count). The molecule has 1 fully saturated rings. The maximum absolute atomic E-state index is 12.0. The lowest BCUT2D eigenvalue weighted by Crippen LogP contribution is -2.27. The van der Waals surface area contributed by atoms with Crippen LogP contribution in [0.15, 0.2) is 28.0 Å². The summed E-state index contributed by atoms with van der Waals surface area (Å²) in [6.07, 6.45) is 6.49. The van der Waals surface area contributed by atoms with Crippen LogP contribution in [0.3, 0.4) is 0 Å². The molecule has 0 radical (unpaired) electrons. The maximum Gasteiger partial charge on any atom is 0.177 e.